The second kappa shape index (κ2) is 10.3. The molecular formula is C28H42N4O2S. The molecule has 1 N–H and O–H groups in total. The summed E-state index contributed by atoms with van der Waals surface area (Å²) in [5, 5.41) is 3.38. The number of carbonyl (C=O) groups is 2. The van der Waals surface area contributed by atoms with Crippen LogP contribution in [0.25, 0.3) is 10.2 Å². The summed E-state index contributed by atoms with van der Waals surface area (Å²) in [6.45, 7) is 10.6. The maximum absolute atomic E-state index is 13.9. The third-order valence-electron chi connectivity index (χ3n) is 8.69. The van der Waals surface area contributed by atoms with Crippen molar-refractivity contribution >= 4 is 33.4 Å². The maximum atomic E-state index is 13.9. The quantitative estimate of drug-likeness (QED) is 0.606. The second-order valence-corrected chi connectivity index (χ2v) is 12.5. The van der Waals surface area contributed by atoms with Gasteiger partial charge in [-0.05, 0) is 83.0 Å². The van der Waals surface area contributed by atoms with Gasteiger partial charge in [-0.2, -0.15) is 0 Å². The van der Waals surface area contributed by atoms with Crippen molar-refractivity contribution < 1.29 is 9.59 Å². The minimum absolute atomic E-state index is 0.00226. The van der Waals surface area contributed by atoms with Gasteiger partial charge in [0.2, 0.25) is 5.91 Å². The zero-order valence-corrected chi connectivity index (χ0v) is 22.6. The van der Waals surface area contributed by atoms with Crippen molar-refractivity contribution in [2.45, 2.75) is 96.7 Å². The Labute approximate surface area is 214 Å². The van der Waals surface area contributed by atoms with E-state index >= 15 is 0 Å². The van der Waals surface area contributed by atoms with E-state index < -0.39 is 5.54 Å². The lowest BCUT2D eigenvalue weighted by atomic mass is 9.86. The Hall–Kier alpha value is -1.86. The number of nitrogens with zero attached hydrogens (tertiary/aromatic N) is 3. The summed E-state index contributed by atoms with van der Waals surface area (Å²) < 4.78 is 3.28. The highest BCUT2D eigenvalue weighted by Crippen LogP contribution is 2.36. The van der Waals surface area contributed by atoms with Gasteiger partial charge in [0.15, 0.2) is 0 Å². The van der Waals surface area contributed by atoms with Crippen LogP contribution >= 0.6 is 11.3 Å². The summed E-state index contributed by atoms with van der Waals surface area (Å²) in [4.78, 5) is 33.6. The highest BCUT2D eigenvalue weighted by molar-refractivity contribution is 7.19. The van der Waals surface area contributed by atoms with E-state index in [0.29, 0.717) is 13.1 Å². The number of nitrogens with one attached hydrogen (secondary N) is 1. The van der Waals surface area contributed by atoms with Crippen molar-refractivity contribution in [3.05, 3.63) is 22.7 Å². The number of thiophene rings is 1. The topological polar surface area (TPSA) is 57.6 Å². The lowest BCUT2D eigenvalue weighted by Crippen LogP contribution is -2.65. The molecule has 35 heavy (non-hydrogen) atoms. The number of likely N-dealkylation sites (tertiary alicyclic amines) is 1. The van der Waals surface area contributed by atoms with E-state index in [1.807, 2.05) is 11.8 Å². The smallest absolute Gasteiger partial charge is 0.271 e. The molecule has 2 aliphatic heterocycles. The van der Waals surface area contributed by atoms with Gasteiger partial charge >= 0.3 is 0 Å². The highest BCUT2D eigenvalue weighted by atomic mass is 32.1. The van der Waals surface area contributed by atoms with Crippen LogP contribution in [0.5, 0.6) is 0 Å². The molecule has 2 aromatic heterocycles. The molecule has 2 fully saturated rings. The van der Waals surface area contributed by atoms with Gasteiger partial charge < -0.3 is 19.7 Å². The standard InChI is InChI=1S/C28H42N4O2S/c1-4-22-17-23-25(35-22)18-24-26(33)32(16-15-30-13-7-5-6-8-14-30)28(3,19-31(23)24)27(34)29-21-11-9-20(2)10-12-21/h17-18,20-21H,4-16,19H2,1-3H3,(H,29,34). The van der Waals surface area contributed by atoms with Crippen LogP contribution in [0.3, 0.4) is 0 Å². The molecule has 7 heteroatoms. The van der Waals surface area contributed by atoms with Crippen LogP contribution in [0.15, 0.2) is 12.1 Å². The van der Waals surface area contributed by atoms with Gasteiger partial charge in [0.25, 0.3) is 5.91 Å². The number of carbonyl (C=O) groups excluding carboxylic acids is 2. The predicted octanol–water partition coefficient (Wildman–Crippen LogP) is 5.05. The van der Waals surface area contributed by atoms with Crippen LogP contribution in [0.2, 0.25) is 0 Å². The van der Waals surface area contributed by atoms with Crippen LogP contribution in [0.1, 0.15) is 87.5 Å². The predicted molar refractivity (Wildman–Crippen MR) is 143 cm³/mol. The fourth-order valence-electron chi connectivity index (χ4n) is 6.26. The Morgan fingerprint density at radius 2 is 1.80 bits per heavy atom. The van der Waals surface area contributed by atoms with Gasteiger partial charge in [-0.25, -0.2) is 0 Å². The van der Waals surface area contributed by atoms with Gasteiger partial charge in [0, 0.05) is 24.0 Å². The van der Waals surface area contributed by atoms with Crippen molar-refractivity contribution in [2.24, 2.45) is 5.92 Å². The molecule has 192 valence electrons. The molecular weight excluding hydrogens is 456 g/mol. The van der Waals surface area contributed by atoms with Crippen molar-refractivity contribution in [3.63, 3.8) is 0 Å². The summed E-state index contributed by atoms with van der Waals surface area (Å²) >= 11 is 1.77. The van der Waals surface area contributed by atoms with E-state index in [1.54, 1.807) is 11.3 Å². The first kappa shape index (κ1) is 24.8. The summed E-state index contributed by atoms with van der Waals surface area (Å²) in [6, 6.07) is 4.49. The number of fused-ring (bicyclic) bond motifs is 3. The lowest BCUT2D eigenvalue weighted by molar-refractivity contribution is -0.134. The Morgan fingerprint density at radius 3 is 2.49 bits per heavy atom. The Kier molecular flexibility index (Phi) is 7.27. The Balaban J connectivity index is 1.43. The molecule has 0 bridgehead atoms. The molecule has 1 aliphatic carbocycles. The largest absolute Gasteiger partial charge is 0.351 e. The fraction of sp³-hybridized carbons (Fsp3) is 0.714. The summed E-state index contributed by atoms with van der Waals surface area (Å²) in [5.41, 5.74) is 0.952. The molecule has 0 radical (unpaired) electrons. The summed E-state index contributed by atoms with van der Waals surface area (Å²) in [5.74, 6) is 0.754. The molecule has 1 saturated heterocycles. The normalized spacial score (nSPS) is 28.2. The van der Waals surface area contributed by atoms with Crippen LogP contribution in [-0.4, -0.2) is 63.9 Å². The molecule has 0 aromatic carbocycles. The SMILES string of the molecule is CCc1cc2c(cc3n2CC(C)(C(=O)NC2CCC(C)CC2)N(CCN2CCCCCC2)C3=O)s1. The average Bonchev–Trinajstić information content (AvgIpc) is 3.28. The molecule has 1 unspecified atom stereocenters. The Bertz CT molecular complexity index is 1060. The van der Waals surface area contributed by atoms with Crippen molar-refractivity contribution in [1.82, 2.24) is 19.7 Å². The van der Waals surface area contributed by atoms with E-state index in [1.165, 1.54) is 30.6 Å². The zero-order valence-electron chi connectivity index (χ0n) is 21.8. The minimum Gasteiger partial charge on any atom is -0.351 e. The van der Waals surface area contributed by atoms with Gasteiger partial charge in [-0.1, -0.05) is 26.7 Å². The van der Waals surface area contributed by atoms with Crippen LogP contribution in [-0.2, 0) is 17.8 Å². The Morgan fingerprint density at radius 1 is 1.09 bits per heavy atom. The van der Waals surface area contributed by atoms with Crippen LogP contribution in [0, 0.1) is 5.92 Å². The number of hydrogen-bond donors (Lipinski definition) is 1. The number of amides is 2. The van der Waals surface area contributed by atoms with Crippen LogP contribution in [0.4, 0.5) is 0 Å². The van der Waals surface area contributed by atoms with Gasteiger partial charge in [-0.3, -0.25) is 9.59 Å². The molecule has 0 spiro atoms. The first-order valence-electron chi connectivity index (χ1n) is 13.9. The molecule has 2 aromatic rings. The minimum atomic E-state index is -0.890. The number of hydrogen-bond acceptors (Lipinski definition) is 4. The molecule has 5 rings (SSSR count). The van der Waals surface area contributed by atoms with E-state index in [4.69, 9.17) is 0 Å². The van der Waals surface area contributed by atoms with E-state index in [0.717, 1.165) is 73.6 Å². The molecule has 4 heterocycles. The fourth-order valence-corrected chi connectivity index (χ4v) is 7.30. The monoisotopic (exact) mass is 498 g/mol. The highest BCUT2D eigenvalue weighted by Gasteiger charge is 2.48. The molecule has 3 aliphatic rings. The van der Waals surface area contributed by atoms with Gasteiger partial charge in [0.05, 0.1) is 16.8 Å². The van der Waals surface area contributed by atoms with Crippen molar-refractivity contribution in [2.75, 3.05) is 26.2 Å². The first-order chi connectivity index (χ1) is 16.9. The number of rotatable bonds is 6. The first-order valence-corrected chi connectivity index (χ1v) is 14.7. The third-order valence-corrected chi connectivity index (χ3v) is 9.91. The van der Waals surface area contributed by atoms with Crippen molar-refractivity contribution in [3.8, 4) is 0 Å². The molecule has 2 amide bonds. The molecule has 1 saturated carbocycles. The molecule has 6 nitrogen and oxygen atoms in total. The van der Waals surface area contributed by atoms with Crippen LogP contribution < -0.4 is 5.32 Å². The average molecular weight is 499 g/mol. The van der Waals surface area contributed by atoms with Gasteiger partial charge in [-0.15, -0.1) is 11.3 Å². The van der Waals surface area contributed by atoms with E-state index in [2.05, 4.69) is 40.8 Å². The second-order valence-electron chi connectivity index (χ2n) is 11.3. The molecule has 1 atom stereocenters. The van der Waals surface area contributed by atoms with E-state index in [-0.39, 0.29) is 17.9 Å². The van der Waals surface area contributed by atoms with E-state index in [9.17, 15) is 9.59 Å². The zero-order chi connectivity index (χ0) is 24.6. The van der Waals surface area contributed by atoms with Crippen molar-refractivity contribution in [1.29, 1.82) is 0 Å². The number of aromatic nitrogens is 1. The van der Waals surface area contributed by atoms with Gasteiger partial charge in [0.1, 0.15) is 11.2 Å². The lowest BCUT2D eigenvalue weighted by Gasteiger charge is -2.45. The third kappa shape index (κ3) is 4.91. The number of aryl methyl sites for hydroxylation is 1. The summed E-state index contributed by atoms with van der Waals surface area (Å²) in [7, 11) is 0. The maximum Gasteiger partial charge on any atom is 0.271 e. The summed E-state index contributed by atoms with van der Waals surface area (Å²) in [6.07, 6.45) is 10.4.